The number of hydrogen-bond acceptors (Lipinski definition) is 4. The van der Waals surface area contributed by atoms with Gasteiger partial charge in [-0.3, -0.25) is 4.68 Å². The lowest BCUT2D eigenvalue weighted by Crippen LogP contribution is -2.44. The number of aromatic nitrogens is 2. The van der Waals surface area contributed by atoms with Gasteiger partial charge in [0, 0.05) is 25.9 Å². The average Bonchev–Trinajstić information content (AvgIpc) is 2.97. The van der Waals surface area contributed by atoms with Crippen molar-refractivity contribution in [1.82, 2.24) is 20.0 Å². The van der Waals surface area contributed by atoms with E-state index >= 15 is 0 Å². The van der Waals surface area contributed by atoms with Crippen LogP contribution in [0, 0.1) is 0 Å². The number of ether oxygens (including phenoxy) is 2. The molecule has 0 radical (unpaired) electrons. The number of carbonyl (C=O) groups excluding carboxylic acids is 1. The molecule has 0 unspecified atom stereocenters. The molecule has 0 bridgehead atoms. The average molecular weight is 316 g/mol. The summed E-state index contributed by atoms with van der Waals surface area (Å²) in [7, 11) is 3.59. The number of nitrogens with zero attached hydrogens (tertiary/aromatic N) is 3. The topological polar surface area (TPSA) is 68.6 Å². The zero-order valence-electron chi connectivity index (χ0n) is 13.2. The summed E-state index contributed by atoms with van der Waals surface area (Å²) in [5, 5.41) is 6.96. The molecular weight excluding hydrogens is 296 g/mol. The quantitative estimate of drug-likeness (QED) is 0.926. The Hall–Kier alpha value is -2.70. The van der Waals surface area contributed by atoms with Gasteiger partial charge in [0.05, 0.1) is 19.3 Å². The summed E-state index contributed by atoms with van der Waals surface area (Å²) in [5.74, 6) is 1.45. The molecule has 7 heteroatoms. The van der Waals surface area contributed by atoms with Crippen LogP contribution in [0.2, 0.25) is 0 Å². The molecule has 0 saturated carbocycles. The van der Waals surface area contributed by atoms with Gasteiger partial charge in [-0.2, -0.15) is 5.10 Å². The van der Waals surface area contributed by atoms with Crippen LogP contribution in [0.25, 0.3) is 0 Å². The number of aryl methyl sites for hydroxylation is 1. The van der Waals surface area contributed by atoms with Gasteiger partial charge in [-0.25, -0.2) is 4.79 Å². The summed E-state index contributed by atoms with van der Waals surface area (Å²) in [6.07, 6.45) is 3.44. The summed E-state index contributed by atoms with van der Waals surface area (Å²) < 4.78 is 13.2. The van der Waals surface area contributed by atoms with Crippen molar-refractivity contribution in [2.24, 2.45) is 7.05 Å². The molecule has 3 rings (SSSR count). The first-order valence-corrected chi connectivity index (χ1v) is 7.47. The molecule has 7 nitrogen and oxygen atoms in total. The smallest absolute Gasteiger partial charge is 0.317 e. The van der Waals surface area contributed by atoms with E-state index < -0.39 is 0 Å². The highest BCUT2D eigenvalue weighted by atomic mass is 16.6. The molecule has 122 valence electrons. The van der Waals surface area contributed by atoms with Gasteiger partial charge in [-0.05, 0) is 12.1 Å². The van der Waals surface area contributed by atoms with Crippen molar-refractivity contribution >= 4 is 6.03 Å². The summed E-state index contributed by atoms with van der Waals surface area (Å²) in [6.45, 7) is 1.32. The van der Waals surface area contributed by atoms with Gasteiger partial charge in [0.1, 0.15) is 6.61 Å². The normalized spacial score (nSPS) is 16.0. The summed E-state index contributed by atoms with van der Waals surface area (Å²) in [4.78, 5) is 13.7. The number of urea groups is 1. The lowest BCUT2D eigenvalue weighted by molar-refractivity contribution is 0.0904. The van der Waals surface area contributed by atoms with E-state index in [-0.39, 0.29) is 12.1 Å². The predicted octanol–water partition coefficient (Wildman–Crippen LogP) is 1.40. The first kappa shape index (κ1) is 15.2. The lowest BCUT2D eigenvalue weighted by atomic mass is 10.2. The molecule has 2 heterocycles. The minimum Gasteiger partial charge on any atom is -0.486 e. The van der Waals surface area contributed by atoms with Crippen molar-refractivity contribution in [2.45, 2.75) is 12.6 Å². The predicted molar refractivity (Wildman–Crippen MR) is 84.4 cm³/mol. The van der Waals surface area contributed by atoms with E-state index in [1.165, 1.54) is 0 Å². The first-order chi connectivity index (χ1) is 11.1. The van der Waals surface area contributed by atoms with Crippen molar-refractivity contribution in [1.29, 1.82) is 0 Å². The zero-order valence-corrected chi connectivity index (χ0v) is 13.2. The minimum absolute atomic E-state index is 0.156. The summed E-state index contributed by atoms with van der Waals surface area (Å²) in [5.41, 5.74) is 0.983. The van der Waals surface area contributed by atoms with E-state index in [1.54, 1.807) is 22.8 Å². The Balaban J connectivity index is 1.47. The fourth-order valence-electron chi connectivity index (χ4n) is 2.40. The Morgan fingerprint density at radius 3 is 2.96 bits per heavy atom. The van der Waals surface area contributed by atoms with Crippen LogP contribution in [0.4, 0.5) is 4.79 Å². The molecule has 1 aliphatic heterocycles. The number of para-hydroxylation sites is 2. The fourth-order valence-corrected chi connectivity index (χ4v) is 2.40. The fraction of sp³-hybridized carbons (Fsp3) is 0.375. The Morgan fingerprint density at radius 1 is 1.43 bits per heavy atom. The van der Waals surface area contributed by atoms with Gasteiger partial charge in [0.25, 0.3) is 0 Å². The molecule has 0 saturated heterocycles. The van der Waals surface area contributed by atoms with E-state index in [1.807, 2.05) is 37.5 Å². The number of amides is 2. The molecule has 1 atom stereocenters. The third-order valence-corrected chi connectivity index (χ3v) is 3.57. The van der Waals surface area contributed by atoms with Crippen molar-refractivity contribution in [2.75, 3.05) is 20.2 Å². The first-order valence-electron chi connectivity index (χ1n) is 7.47. The van der Waals surface area contributed by atoms with Crippen molar-refractivity contribution in [3.05, 3.63) is 42.2 Å². The molecule has 1 N–H and O–H groups in total. The highest BCUT2D eigenvalue weighted by molar-refractivity contribution is 5.73. The molecule has 0 fully saturated rings. The number of hydrogen-bond donors (Lipinski definition) is 1. The standard InChI is InChI=1S/C16H20N4O3/c1-19(9-12-7-18-20(2)10-12)16(21)17-8-13-11-22-14-5-3-4-6-15(14)23-13/h3-7,10,13H,8-9,11H2,1-2H3,(H,17,21)/t13-/m1/s1. The second kappa shape index (κ2) is 6.60. The van der Waals surface area contributed by atoms with E-state index in [2.05, 4.69) is 10.4 Å². The highest BCUT2D eigenvalue weighted by Crippen LogP contribution is 2.30. The van der Waals surface area contributed by atoms with Crippen molar-refractivity contribution in [3.63, 3.8) is 0 Å². The summed E-state index contributed by atoms with van der Waals surface area (Å²) >= 11 is 0. The van der Waals surface area contributed by atoms with E-state index in [0.717, 1.165) is 11.3 Å². The number of carbonyl (C=O) groups is 1. The number of nitrogens with one attached hydrogen (secondary N) is 1. The van der Waals surface area contributed by atoms with Crippen LogP contribution in [0.15, 0.2) is 36.7 Å². The van der Waals surface area contributed by atoms with Crippen LogP contribution in [0.5, 0.6) is 11.5 Å². The third kappa shape index (κ3) is 3.74. The Morgan fingerprint density at radius 2 is 2.22 bits per heavy atom. The van der Waals surface area contributed by atoms with Crippen molar-refractivity contribution < 1.29 is 14.3 Å². The highest BCUT2D eigenvalue weighted by Gasteiger charge is 2.21. The lowest BCUT2D eigenvalue weighted by Gasteiger charge is -2.27. The molecule has 23 heavy (non-hydrogen) atoms. The van der Waals surface area contributed by atoms with Crippen LogP contribution >= 0.6 is 0 Å². The van der Waals surface area contributed by atoms with E-state index in [0.29, 0.717) is 25.4 Å². The van der Waals surface area contributed by atoms with Crippen LogP contribution in [0.3, 0.4) is 0 Å². The molecule has 0 spiro atoms. The SMILES string of the molecule is CN(Cc1cnn(C)c1)C(=O)NC[C@@H]1COc2ccccc2O1. The molecule has 1 aliphatic rings. The maximum Gasteiger partial charge on any atom is 0.317 e. The van der Waals surface area contributed by atoms with Crippen molar-refractivity contribution in [3.8, 4) is 11.5 Å². The van der Waals surface area contributed by atoms with Gasteiger partial charge < -0.3 is 19.7 Å². The summed E-state index contributed by atoms with van der Waals surface area (Å²) in [6, 6.07) is 7.36. The van der Waals surface area contributed by atoms with Gasteiger partial charge in [0.15, 0.2) is 17.6 Å². The van der Waals surface area contributed by atoms with E-state index in [9.17, 15) is 4.79 Å². The molecule has 2 amide bonds. The zero-order chi connectivity index (χ0) is 16.2. The Kier molecular flexibility index (Phi) is 4.36. The second-order valence-electron chi connectivity index (χ2n) is 5.56. The van der Waals surface area contributed by atoms with Gasteiger partial charge >= 0.3 is 6.03 Å². The number of rotatable bonds is 4. The van der Waals surface area contributed by atoms with Gasteiger partial charge in [0.2, 0.25) is 0 Å². The molecule has 1 aromatic heterocycles. The van der Waals surface area contributed by atoms with E-state index in [4.69, 9.17) is 9.47 Å². The van der Waals surface area contributed by atoms with Gasteiger partial charge in [-0.1, -0.05) is 12.1 Å². The Bertz CT molecular complexity index is 685. The second-order valence-corrected chi connectivity index (χ2v) is 5.56. The maximum absolute atomic E-state index is 12.1. The minimum atomic E-state index is -0.194. The number of fused-ring (bicyclic) bond motifs is 1. The maximum atomic E-state index is 12.1. The number of benzene rings is 1. The third-order valence-electron chi connectivity index (χ3n) is 3.57. The monoisotopic (exact) mass is 316 g/mol. The van der Waals surface area contributed by atoms with Crippen LogP contribution in [-0.4, -0.2) is 47.0 Å². The molecule has 1 aromatic carbocycles. The largest absolute Gasteiger partial charge is 0.486 e. The molecule has 0 aliphatic carbocycles. The van der Waals surface area contributed by atoms with Gasteiger partial charge in [-0.15, -0.1) is 0 Å². The Labute approximate surface area is 134 Å². The van der Waals surface area contributed by atoms with Crippen LogP contribution in [0.1, 0.15) is 5.56 Å². The molecule has 2 aromatic rings. The molecular formula is C16H20N4O3. The van der Waals surface area contributed by atoms with Crippen LogP contribution in [-0.2, 0) is 13.6 Å². The van der Waals surface area contributed by atoms with Crippen LogP contribution < -0.4 is 14.8 Å².